The molecule has 2 rings (SSSR count). The Morgan fingerprint density at radius 1 is 1.11 bits per heavy atom. The lowest BCUT2D eigenvalue weighted by molar-refractivity contribution is 0.750. The first kappa shape index (κ1) is 13.7. The lowest BCUT2D eigenvalue weighted by Crippen LogP contribution is -2.06. The quantitative estimate of drug-likeness (QED) is 0.685. The molecule has 6 heteroatoms. The highest BCUT2D eigenvalue weighted by Gasteiger charge is 2.13. The van der Waals surface area contributed by atoms with Gasteiger partial charge in [-0.15, -0.1) is 0 Å². The molecule has 2 heterocycles. The van der Waals surface area contributed by atoms with E-state index < -0.39 is 0 Å². The molecule has 0 unspecified atom stereocenters. The molecule has 0 radical (unpaired) electrons. The number of aryl methyl sites for hydroxylation is 1. The van der Waals surface area contributed by atoms with E-state index in [1.54, 1.807) is 12.4 Å². The summed E-state index contributed by atoms with van der Waals surface area (Å²) in [6, 6.07) is 0. The molecule has 0 saturated carbocycles. The topological polar surface area (TPSA) is 77.6 Å². The van der Waals surface area contributed by atoms with E-state index >= 15 is 0 Å². The van der Waals surface area contributed by atoms with E-state index in [0.29, 0.717) is 11.0 Å². The Morgan fingerprint density at radius 3 is 2.32 bits per heavy atom. The molecule has 0 aliphatic heterocycles. The number of rotatable bonds is 3. The molecule has 5 nitrogen and oxygen atoms in total. The van der Waals surface area contributed by atoms with Gasteiger partial charge < -0.3 is 5.73 Å². The fraction of sp³-hybridized carbons (Fsp3) is 0.385. The van der Waals surface area contributed by atoms with Crippen LogP contribution in [0.3, 0.4) is 0 Å². The third kappa shape index (κ3) is 3.20. The van der Waals surface area contributed by atoms with Crippen LogP contribution in [-0.4, -0.2) is 19.9 Å². The van der Waals surface area contributed by atoms with Crippen LogP contribution in [0, 0.1) is 13.8 Å². The van der Waals surface area contributed by atoms with Crippen molar-refractivity contribution < 1.29 is 0 Å². The summed E-state index contributed by atoms with van der Waals surface area (Å²) < 4.78 is 0. The monoisotopic (exact) mass is 275 g/mol. The molecular weight excluding hydrogens is 258 g/mol. The lowest BCUT2D eigenvalue weighted by Gasteiger charge is -2.10. The van der Waals surface area contributed by atoms with Gasteiger partial charge >= 0.3 is 0 Å². The minimum absolute atomic E-state index is 0.237. The first-order valence-corrected chi connectivity index (χ1v) is 6.89. The maximum absolute atomic E-state index is 5.93. The van der Waals surface area contributed by atoms with Gasteiger partial charge in [-0.25, -0.2) is 19.9 Å². The number of nitrogen functional groups attached to an aromatic ring is 1. The Balaban J connectivity index is 2.36. The highest BCUT2D eigenvalue weighted by molar-refractivity contribution is 7.99. The van der Waals surface area contributed by atoms with Crippen molar-refractivity contribution >= 4 is 17.6 Å². The molecular formula is C13H17N5S. The van der Waals surface area contributed by atoms with Gasteiger partial charge in [0.15, 0.2) is 5.16 Å². The first-order chi connectivity index (χ1) is 8.97. The average Bonchev–Trinajstić information content (AvgIpc) is 2.37. The summed E-state index contributed by atoms with van der Waals surface area (Å²) in [5.41, 5.74) is 7.84. The number of hydrogen-bond donors (Lipinski definition) is 1. The molecule has 0 fully saturated rings. The normalized spacial score (nSPS) is 11.0. The Labute approximate surface area is 117 Å². The van der Waals surface area contributed by atoms with E-state index in [2.05, 4.69) is 19.9 Å². The standard InChI is InChI=1S/C13H17N5S/c1-7(2)11-17-10(14)9(4)12(18-11)19-13-15-5-8(3)6-16-13/h5-7H,1-4H3,(H2,14,17,18). The third-order valence-corrected chi connectivity index (χ3v) is 3.60. The largest absolute Gasteiger partial charge is 0.383 e. The molecule has 0 aromatic carbocycles. The second-order valence-electron chi connectivity index (χ2n) is 4.70. The van der Waals surface area contributed by atoms with Crippen molar-refractivity contribution in [2.24, 2.45) is 0 Å². The molecule has 19 heavy (non-hydrogen) atoms. The molecule has 0 atom stereocenters. The van der Waals surface area contributed by atoms with Gasteiger partial charge in [-0.2, -0.15) is 0 Å². The smallest absolute Gasteiger partial charge is 0.193 e. The number of hydrogen-bond acceptors (Lipinski definition) is 6. The average molecular weight is 275 g/mol. The van der Waals surface area contributed by atoms with Crippen LogP contribution in [0.1, 0.15) is 36.7 Å². The molecule has 0 aliphatic carbocycles. The molecule has 2 aromatic rings. The van der Waals surface area contributed by atoms with Crippen LogP contribution in [0.25, 0.3) is 0 Å². The van der Waals surface area contributed by atoms with Crippen molar-refractivity contribution in [2.75, 3.05) is 5.73 Å². The number of aromatic nitrogens is 4. The molecule has 0 amide bonds. The lowest BCUT2D eigenvalue weighted by atomic mass is 10.2. The Morgan fingerprint density at radius 2 is 1.74 bits per heavy atom. The van der Waals surface area contributed by atoms with Gasteiger partial charge in [0.25, 0.3) is 0 Å². The third-order valence-electron chi connectivity index (χ3n) is 2.62. The zero-order valence-electron chi connectivity index (χ0n) is 11.5. The van der Waals surface area contributed by atoms with Gasteiger partial charge in [0.2, 0.25) is 0 Å². The van der Waals surface area contributed by atoms with Crippen molar-refractivity contribution in [1.82, 2.24) is 19.9 Å². The van der Waals surface area contributed by atoms with Crippen LogP contribution in [-0.2, 0) is 0 Å². The predicted octanol–water partition coefficient (Wildman–Crippen LogP) is 2.74. The maximum Gasteiger partial charge on any atom is 0.193 e. The molecule has 0 saturated heterocycles. The summed E-state index contributed by atoms with van der Waals surface area (Å²) in [6.07, 6.45) is 3.58. The minimum Gasteiger partial charge on any atom is -0.383 e. The summed E-state index contributed by atoms with van der Waals surface area (Å²) in [5.74, 6) is 1.51. The number of nitrogens with two attached hydrogens (primary N) is 1. The zero-order valence-corrected chi connectivity index (χ0v) is 12.3. The van der Waals surface area contributed by atoms with Gasteiger partial charge in [-0.1, -0.05) is 13.8 Å². The van der Waals surface area contributed by atoms with Crippen molar-refractivity contribution in [3.8, 4) is 0 Å². The van der Waals surface area contributed by atoms with Crippen LogP contribution in [0.5, 0.6) is 0 Å². The highest BCUT2D eigenvalue weighted by Crippen LogP contribution is 2.29. The summed E-state index contributed by atoms with van der Waals surface area (Å²) in [7, 11) is 0. The van der Waals surface area contributed by atoms with E-state index in [1.807, 2.05) is 27.7 Å². The first-order valence-electron chi connectivity index (χ1n) is 6.08. The van der Waals surface area contributed by atoms with Gasteiger partial charge in [-0.05, 0) is 31.2 Å². The fourth-order valence-electron chi connectivity index (χ4n) is 1.41. The summed E-state index contributed by atoms with van der Waals surface area (Å²) in [6.45, 7) is 7.96. The van der Waals surface area contributed by atoms with Gasteiger partial charge in [0, 0.05) is 23.9 Å². The SMILES string of the molecule is Cc1cnc(Sc2nc(C(C)C)nc(N)c2C)nc1. The van der Waals surface area contributed by atoms with Crippen LogP contribution in [0.2, 0.25) is 0 Å². The Kier molecular flexibility index (Phi) is 3.99. The summed E-state index contributed by atoms with van der Waals surface area (Å²) >= 11 is 1.42. The van der Waals surface area contributed by atoms with Gasteiger partial charge in [-0.3, -0.25) is 0 Å². The van der Waals surface area contributed by atoms with E-state index in [9.17, 15) is 0 Å². The second-order valence-corrected chi connectivity index (χ2v) is 5.65. The maximum atomic E-state index is 5.93. The minimum atomic E-state index is 0.237. The predicted molar refractivity (Wildman–Crippen MR) is 76.2 cm³/mol. The number of anilines is 1. The van der Waals surface area contributed by atoms with E-state index in [4.69, 9.17) is 5.73 Å². The van der Waals surface area contributed by atoms with Crippen LogP contribution in [0.4, 0.5) is 5.82 Å². The van der Waals surface area contributed by atoms with Crippen molar-refractivity contribution in [2.45, 2.75) is 43.8 Å². The zero-order chi connectivity index (χ0) is 14.0. The van der Waals surface area contributed by atoms with Crippen molar-refractivity contribution in [3.05, 3.63) is 29.3 Å². The van der Waals surface area contributed by atoms with Crippen LogP contribution >= 0.6 is 11.8 Å². The number of nitrogens with zero attached hydrogens (tertiary/aromatic N) is 4. The van der Waals surface area contributed by atoms with Gasteiger partial charge in [0.1, 0.15) is 16.7 Å². The van der Waals surface area contributed by atoms with Crippen LogP contribution < -0.4 is 5.73 Å². The molecule has 0 bridgehead atoms. The van der Waals surface area contributed by atoms with Crippen molar-refractivity contribution in [1.29, 1.82) is 0 Å². The molecule has 0 spiro atoms. The summed E-state index contributed by atoms with van der Waals surface area (Å²) in [5, 5.41) is 1.49. The van der Waals surface area contributed by atoms with E-state index in [1.165, 1.54) is 11.8 Å². The van der Waals surface area contributed by atoms with Crippen molar-refractivity contribution in [3.63, 3.8) is 0 Å². The fourth-order valence-corrected chi connectivity index (χ4v) is 2.19. The second kappa shape index (κ2) is 5.52. The Hall–Kier alpha value is -1.69. The Bertz CT molecular complexity index is 580. The van der Waals surface area contributed by atoms with E-state index in [0.717, 1.165) is 22.0 Å². The molecule has 2 aromatic heterocycles. The van der Waals surface area contributed by atoms with Gasteiger partial charge in [0.05, 0.1) is 0 Å². The molecule has 100 valence electrons. The highest BCUT2D eigenvalue weighted by atomic mass is 32.2. The summed E-state index contributed by atoms with van der Waals surface area (Å²) in [4.78, 5) is 17.4. The molecule has 2 N–H and O–H groups in total. The van der Waals surface area contributed by atoms with E-state index in [-0.39, 0.29) is 5.92 Å². The molecule has 0 aliphatic rings. The van der Waals surface area contributed by atoms with Crippen LogP contribution in [0.15, 0.2) is 22.6 Å².